The molecule has 0 saturated heterocycles. The van der Waals surface area contributed by atoms with Crippen LogP contribution < -0.4 is 5.43 Å². The summed E-state index contributed by atoms with van der Waals surface area (Å²) in [6.45, 7) is 1.60. The average molecular weight is 170 g/mol. The minimum atomic E-state index is -0.411. The van der Waals surface area contributed by atoms with E-state index < -0.39 is 5.82 Å². The maximum atomic E-state index is 13.1. The lowest BCUT2D eigenvalue weighted by Gasteiger charge is -2.12. The lowest BCUT2D eigenvalue weighted by molar-refractivity contribution is 0.480. The normalized spacial score (nSPS) is 10.4. The number of anilines is 1. The monoisotopic (exact) mass is 170 g/mol. The summed E-state index contributed by atoms with van der Waals surface area (Å²) in [5.41, 5.74) is 3.06. The van der Waals surface area contributed by atoms with Gasteiger partial charge in [0.2, 0.25) is 0 Å². The van der Waals surface area contributed by atoms with E-state index in [0.29, 0.717) is 5.69 Å². The number of aryl methyl sites for hydroxylation is 1. The molecule has 0 radical (unpaired) electrons. The lowest BCUT2D eigenvalue weighted by atomic mass is 10.4. The van der Waals surface area contributed by atoms with Gasteiger partial charge < -0.3 is 5.43 Å². The van der Waals surface area contributed by atoms with E-state index in [1.807, 2.05) is 0 Å². The van der Waals surface area contributed by atoms with Gasteiger partial charge in [-0.05, 0) is 6.92 Å². The van der Waals surface area contributed by atoms with E-state index in [9.17, 15) is 4.39 Å². The fraction of sp³-hybridized carbons (Fsp3) is 0.429. The van der Waals surface area contributed by atoms with Crippen molar-refractivity contribution >= 4 is 5.82 Å². The number of hydrogen-bond acceptors (Lipinski definition) is 4. The molecule has 1 heterocycles. The van der Waals surface area contributed by atoms with Gasteiger partial charge >= 0.3 is 0 Å². The number of nitrogens with zero attached hydrogens (tertiary/aromatic N) is 3. The van der Waals surface area contributed by atoms with Crippen molar-refractivity contribution in [2.45, 2.75) is 6.92 Å². The van der Waals surface area contributed by atoms with Crippen molar-refractivity contribution in [3.8, 4) is 0 Å². The molecule has 0 unspecified atom stereocenters. The summed E-state index contributed by atoms with van der Waals surface area (Å²) >= 11 is 0. The molecule has 0 aromatic carbocycles. The Hall–Kier alpha value is -1.23. The Kier molecular flexibility index (Phi) is 2.54. The van der Waals surface area contributed by atoms with Gasteiger partial charge in [-0.25, -0.2) is 19.4 Å². The first-order valence-electron chi connectivity index (χ1n) is 3.52. The van der Waals surface area contributed by atoms with Crippen LogP contribution in [0.5, 0.6) is 0 Å². The largest absolute Gasteiger partial charge is 0.301 e. The third-order valence-electron chi connectivity index (χ3n) is 1.29. The van der Waals surface area contributed by atoms with Crippen LogP contribution in [0.15, 0.2) is 6.33 Å². The van der Waals surface area contributed by atoms with Crippen molar-refractivity contribution in [2.24, 2.45) is 0 Å². The van der Waals surface area contributed by atoms with Crippen LogP contribution in [-0.2, 0) is 0 Å². The number of aromatic nitrogens is 2. The number of hydrogen-bond donors (Lipinski definition) is 1. The zero-order valence-corrected chi connectivity index (χ0v) is 7.30. The van der Waals surface area contributed by atoms with Gasteiger partial charge in [0.05, 0.1) is 5.69 Å². The summed E-state index contributed by atoms with van der Waals surface area (Å²) < 4.78 is 13.1. The van der Waals surface area contributed by atoms with Gasteiger partial charge in [0.1, 0.15) is 6.33 Å². The Labute approximate surface area is 70.4 Å². The molecule has 0 aliphatic heterocycles. The van der Waals surface area contributed by atoms with Crippen molar-refractivity contribution in [1.29, 1.82) is 0 Å². The highest BCUT2D eigenvalue weighted by molar-refractivity contribution is 5.35. The van der Waals surface area contributed by atoms with E-state index in [4.69, 9.17) is 0 Å². The molecule has 5 heteroatoms. The van der Waals surface area contributed by atoms with E-state index in [2.05, 4.69) is 15.4 Å². The summed E-state index contributed by atoms with van der Waals surface area (Å²) in [7, 11) is 3.52. The number of hydrazine groups is 1. The molecule has 1 aromatic heterocycles. The van der Waals surface area contributed by atoms with Gasteiger partial charge in [-0.2, -0.15) is 0 Å². The molecule has 66 valence electrons. The molecular formula is C7H11FN4. The Balaban J connectivity index is 2.92. The van der Waals surface area contributed by atoms with Crippen LogP contribution in [0.25, 0.3) is 0 Å². The summed E-state index contributed by atoms with van der Waals surface area (Å²) in [5, 5.41) is 1.62. The van der Waals surface area contributed by atoms with Gasteiger partial charge in [-0.15, -0.1) is 0 Å². The first-order valence-corrected chi connectivity index (χ1v) is 3.52. The van der Waals surface area contributed by atoms with E-state index in [1.165, 1.54) is 6.33 Å². The van der Waals surface area contributed by atoms with E-state index in [-0.39, 0.29) is 5.82 Å². The van der Waals surface area contributed by atoms with Gasteiger partial charge in [0.25, 0.3) is 0 Å². The van der Waals surface area contributed by atoms with Crippen molar-refractivity contribution in [3.05, 3.63) is 17.8 Å². The van der Waals surface area contributed by atoms with E-state index in [1.54, 1.807) is 26.0 Å². The number of nitrogens with one attached hydrogen (secondary N) is 1. The maximum absolute atomic E-state index is 13.1. The van der Waals surface area contributed by atoms with Crippen LogP contribution in [0.4, 0.5) is 10.2 Å². The SMILES string of the molecule is Cc1ncnc(NN(C)C)c1F. The molecule has 0 aliphatic carbocycles. The van der Waals surface area contributed by atoms with Crippen molar-refractivity contribution in [2.75, 3.05) is 19.5 Å². The molecule has 0 saturated carbocycles. The summed E-state index contributed by atoms with van der Waals surface area (Å²) in [6.07, 6.45) is 1.32. The van der Waals surface area contributed by atoms with Crippen molar-refractivity contribution < 1.29 is 4.39 Å². The maximum Gasteiger partial charge on any atom is 0.187 e. The predicted octanol–water partition coefficient (Wildman–Crippen LogP) is 0.813. The highest BCUT2D eigenvalue weighted by Gasteiger charge is 2.06. The topological polar surface area (TPSA) is 41.1 Å². The fourth-order valence-electron chi connectivity index (χ4n) is 0.748. The minimum absolute atomic E-state index is 0.201. The number of rotatable bonds is 2. The molecule has 0 bridgehead atoms. The van der Waals surface area contributed by atoms with Crippen molar-refractivity contribution in [3.63, 3.8) is 0 Å². The Morgan fingerprint density at radius 1 is 1.42 bits per heavy atom. The third-order valence-corrected chi connectivity index (χ3v) is 1.29. The molecular weight excluding hydrogens is 159 g/mol. The molecule has 1 aromatic rings. The molecule has 0 spiro atoms. The summed E-state index contributed by atoms with van der Waals surface area (Å²) in [4.78, 5) is 7.44. The van der Waals surface area contributed by atoms with Crippen LogP contribution in [0.3, 0.4) is 0 Å². The third kappa shape index (κ3) is 1.88. The zero-order chi connectivity index (χ0) is 9.14. The molecule has 0 atom stereocenters. The second-order valence-electron chi connectivity index (χ2n) is 2.63. The van der Waals surface area contributed by atoms with Crippen LogP contribution in [0, 0.1) is 12.7 Å². The van der Waals surface area contributed by atoms with Gasteiger partial charge in [0.15, 0.2) is 11.6 Å². The highest BCUT2D eigenvalue weighted by Crippen LogP contribution is 2.11. The number of halogens is 1. The summed E-state index contributed by atoms with van der Waals surface area (Å²) in [6, 6.07) is 0. The smallest absolute Gasteiger partial charge is 0.187 e. The summed E-state index contributed by atoms with van der Waals surface area (Å²) in [5.74, 6) is -0.210. The molecule has 12 heavy (non-hydrogen) atoms. The van der Waals surface area contributed by atoms with Gasteiger partial charge in [-0.1, -0.05) is 0 Å². The van der Waals surface area contributed by atoms with Gasteiger partial charge in [-0.3, -0.25) is 0 Å². The minimum Gasteiger partial charge on any atom is -0.301 e. The van der Waals surface area contributed by atoms with Crippen LogP contribution in [0.1, 0.15) is 5.69 Å². The highest BCUT2D eigenvalue weighted by atomic mass is 19.1. The van der Waals surface area contributed by atoms with Crippen molar-refractivity contribution in [1.82, 2.24) is 15.0 Å². The molecule has 0 fully saturated rings. The van der Waals surface area contributed by atoms with Crippen LogP contribution in [0.2, 0.25) is 0 Å². The molecule has 1 rings (SSSR count). The second kappa shape index (κ2) is 3.44. The van der Waals surface area contributed by atoms with E-state index in [0.717, 1.165) is 0 Å². The second-order valence-corrected chi connectivity index (χ2v) is 2.63. The fourth-order valence-corrected chi connectivity index (χ4v) is 0.748. The Morgan fingerprint density at radius 3 is 2.67 bits per heavy atom. The van der Waals surface area contributed by atoms with E-state index >= 15 is 0 Å². The first kappa shape index (κ1) is 8.86. The van der Waals surface area contributed by atoms with Crippen LogP contribution >= 0.6 is 0 Å². The average Bonchev–Trinajstić information content (AvgIpc) is 1.98. The molecule has 1 N–H and O–H groups in total. The predicted molar refractivity (Wildman–Crippen MR) is 44.0 cm³/mol. The first-order chi connectivity index (χ1) is 5.61. The molecule has 0 amide bonds. The molecule has 0 aliphatic rings. The standard InChI is InChI=1S/C7H11FN4/c1-5-6(8)7(10-4-9-5)11-12(2)3/h4H,1-3H3,(H,9,10,11). The molecule has 4 nitrogen and oxygen atoms in total. The lowest BCUT2D eigenvalue weighted by Crippen LogP contribution is -2.21. The van der Waals surface area contributed by atoms with Crippen LogP contribution in [-0.4, -0.2) is 29.1 Å². The zero-order valence-electron chi connectivity index (χ0n) is 7.30. The Bertz CT molecular complexity index is 274. The Morgan fingerprint density at radius 2 is 2.08 bits per heavy atom. The quantitative estimate of drug-likeness (QED) is 0.667. The van der Waals surface area contributed by atoms with Gasteiger partial charge in [0, 0.05) is 14.1 Å².